The predicted molar refractivity (Wildman–Crippen MR) is 136 cm³/mol. The number of hydrogen-bond donors (Lipinski definition) is 0. The van der Waals surface area contributed by atoms with Crippen LogP contribution < -0.4 is 14.9 Å². The highest BCUT2D eigenvalue weighted by Gasteiger charge is 2.33. The molecule has 32 heavy (non-hydrogen) atoms. The maximum Gasteiger partial charge on any atom is 0.338 e. The second kappa shape index (κ2) is 9.33. The molecule has 0 saturated carbocycles. The number of halogens is 2. The molecule has 1 aromatic heterocycles. The fraction of sp³-hybridized carbons (Fsp3) is 0.208. The summed E-state index contributed by atoms with van der Waals surface area (Å²) in [6, 6.07) is 14.4. The Morgan fingerprint density at radius 2 is 1.97 bits per heavy atom. The van der Waals surface area contributed by atoms with Crippen LogP contribution in [-0.2, 0) is 9.53 Å². The summed E-state index contributed by atoms with van der Waals surface area (Å²) >= 11 is 9.64. The molecule has 0 N–H and O–H groups in total. The largest absolute Gasteiger partial charge is 0.459 e. The number of allylic oxidation sites excluding steroid dienone is 1. The van der Waals surface area contributed by atoms with E-state index in [1.807, 2.05) is 42.5 Å². The van der Waals surface area contributed by atoms with Gasteiger partial charge in [-0.1, -0.05) is 47.2 Å². The Labute approximate surface area is 207 Å². The third-order valence-corrected chi connectivity index (χ3v) is 6.82. The van der Waals surface area contributed by atoms with Crippen molar-refractivity contribution in [1.82, 2.24) is 4.57 Å². The number of esters is 1. The van der Waals surface area contributed by atoms with Gasteiger partial charge in [-0.25, -0.2) is 9.79 Å². The number of nitrogens with zero attached hydrogens (tertiary/aromatic N) is 2. The number of aromatic nitrogens is 1. The Balaban J connectivity index is 1.95. The standard InChI is InChI=1S/C24H20ClIN2O3S/c1-13(2)31-23(30)20-14(3)27-24-28(21(20)16-7-9-17(25)10-8-16)22(29)19(32-24)12-15-5-4-6-18(26)11-15/h4-13,21H,1-3H3/b19-12+/t21-/m1/s1. The molecule has 0 bridgehead atoms. The Morgan fingerprint density at radius 1 is 1.25 bits per heavy atom. The number of carbonyl (C=O) groups excluding carboxylic acids is 1. The zero-order chi connectivity index (χ0) is 23.0. The predicted octanol–water partition coefficient (Wildman–Crippen LogP) is 4.44. The van der Waals surface area contributed by atoms with E-state index >= 15 is 0 Å². The van der Waals surface area contributed by atoms with Crippen LogP contribution in [0.2, 0.25) is 5.02 Å². The van der Waals surface area contributed by atoms with Gasteiger partial charge in [-0.15, -0.1) is 0 Å². The van der Waals surface area contributed by atoms with Gasteiger partial charge in [0.15, 0.2) is 4.80 Å². The highest BCUT2D eigenvalue weighted by molar-refractivity contribution is 14.1. The van der Waals surface area contributed by atoms with Crippen molar-refractivity contribution in [3.05, 3.63) is 99.2 Å². The molecule has 1 aliphatic heterocycles. The average molecular weight is 579 g/mol. The minimum atomic E-state index is -0.646. The maximum absolute atomic E-state index is 13.5. The van der Waals surface area contributed by atoms with Crippen molar-refractivity contribution in [3.8, 4) is 0 Å². The van der Waals surface area contributed by atoms with E-state index in [2.05, 4.69) is 27.6 Å². The van der Waals surface area contributed by atoms with Gasteiger partial charge < -0.3 is 4.74 Å². The monoisotopic (exact) mass is 578 g/mol. The van der Waals surface area contributed by atoms with Gasteiger partial charge >= 0.3 is 5.97 Å². The molecule has 1 atom stereocenters. The summed E-state index contributed by atoms with van der Waals surface area (Å²) in [7, 11) is 0. The molecule has 0 spiro atoms. The van der Waals surface area contributed by atoms with Gasteiger partial charge in [0.25, 0.3) is 5.56 Å². The lowest BCUT2D eigenvalue weighted by atomic mass is 9.96. The molecule has 4 rings (SSSR count). The first kappa shape index (κ1) is 22.9. The summed E-state index contributed by atoms with van der Waals surface area (Å²) in [5.74, 6) is -0.479. The minimum absolute atomic E-state index is 0.199. The van der Waals surface area contributed by atoms with Crippen LogP contribution in [0.1, 0.15) is 37.9 Å². The topological polar surface area (TPSA) is 60.7 Å². The van der Waals surface area contributed by atoms with Gasteiger partial charge in [0.05, 0.1) is 27.9 Å². The minimum Gasteiger partial charge on any atom is -0.459 e. The van der Waals surface area contributed by atoms with E-state index in [1.54, 1.807) is 37.5 Å². The van der Waals surface area contributed by atoms with Gasteiger partial charge in [-0.3, -0.25) is 9.36 Å². The van der Waals surface area contributed by atoms with Gasteiger partial charge in [-0.05, 0) is 84.8 Å². The molecule has 3 aromatic rings. The van der Waals surface area contributed by atoms with Crippen molar-refractivity contribution in [2.24, 2.45) is 4.99 Å². The molecule has 0 amide bonds. The molecule has 0 radical (unpaired) electrons. The molecule has 0 unspecified atom stereocenters. The van der Waals surface area contributed by atoms with Gasteiger partial charge in [-0.2, -0.15) is 0 Å². The lowest BCUT2D eigenvalue weighted by molar-refractivity contribution is -0.143. The first-order valence-electron chi connectivity index (χ1n) is 9.99. The Bertz CT molecular complexity index is 1400. The van der Waals surface area contributed by atoms with Crippen LogP contribution in [0.3, 0.4) is 0 Å². The van der Waals surface area contributed by atoms with Crippen LogP contribution in [0.5, 0.6) is 0 Å². The van der Waals surface area contributed by atoms with Crippen LogP contribution in [0.4, 0.5) is 0 Å². The summed E-state index contributed by atoms with van der Waals surface area (Å²) in [6.07, 6.45) is 1.56. The van der Waals surface area contributed by atoms with E-state index in [0.29, 0.717) is 25.6 Å². The maximum atomic E-state index is 13.5. The molecule has 164 valence electrons. The van der Waals surface area contributed by atoms with Crippen LogP contribution >= 0.6 is 45.5 Å². The third-order valence-electron chi connectivity index (χ3n) is 4.92. The quantitative estimate of drug-likeness (QED) is 0.340. The molecule has 0 fully saturated rings. The number of thiazole rings is 1. The molecule has 1 aliphatic rings. The lowest BCUT2D eigenvalue weighted by Crippen LogP contribution is -2.40. The Hall–Kier alpha value is -2.23. The molecule has 0 aliphatic carbocycles. The number of benzene rings is 2. The average Bonchev–Trinajstić information content (AvgIpc) is 3.02. The first-order chi connectivity index (χ1) is 15.2. The van der Waals surface area contributed by atoms with Crippen molar-refractivity contribution in [1.29, 1.82) is 0 Å². The molecule has 2 aromatic carbocycles. The molecule has 2 heterocycles. The highest BCUT2D eigenvalue weighted by atomic mass is 127. The number of carbonyl (C=O) groups is 1. The summed E-state index contributed by atoms with van der Waals surface area (Å²) < 4.78 is 8.72. The van der Waals surface area contributed by atoms with Crippen LogP contribution in [-0.4, -0.2) is 16.6 Å². The summed E-state index contributed by atoms with van der Waals surface area (Å²) in [4.78, 5) is 31.7. The molecular weight excluding hydrogens is 559 g/mol. The zero-order valence-electron chi connectivity index (χ0n) is 17.6. The van der Waals surface area contributed by atoms with Crippen molar-refractivity contribution in [2.45, 2.75) is 32.9 Å². The van der Waals surface area contributed by atoms with Crippen molar-refractivity contribution in [3.63, 3.8) is 0 Å². The fourth-order valence-electron chi connectivity index (χ4n) is 3.57. The Kier molecular flexibility index (Phi) is 6.69. The normalized spacial score (nSPS) is 16.2. The van der Waals surface area contributed by atoms with E-state index in [0.717, 1.165) is 14.7 Å². The van der Waals surface area contributed by atoms with E-state index in [1.165, 1.54) is 11.3 Å². The smallest absolute Gasteiger partial charge is 0.338 e. The summed E-state index contributed by atoms with van der Waals surface area (Å²) in [6.45, 7) is 5.36. The van der Waals surface area contributed by atoms with E-state index < -0.39 is 12.0 Å². The second-order valence-corrected chi connectivity index (χ2v) is 10.3. The summed E-state index contributed by atoms with van der Waals surface area (Å²) in [5.41, 5.74) is 2.39. The molecule has 8 heteroatoms. The number of rotatable bonds is 4. The van der Waals surface area contributed by atoms with Crippen molar-refractivity contribution in [2.75, 3.05) is 0 Å². The number of hydrogen-bond acceptors (Lipinski definition) is 5. The lowest BCUT2D eigenvalue weighted by Gasteiger charge is -2.25. The number of ether oxygens (including phenoxy) is 1. The van der Waals surface area contributed by atoms with Gasteiger partial charge in [0, 0.05) is 8.59 Å². The number of fused-ring (bicyclic) bond motifs is 1. The SMILES string of the molecule is CC1=C(C(=O)OC(C)C)[C@@H](c2ccc(Cl)cc2)n2c(s/c(=C/c3cccc(I)c3)c2=O)=N1. The highest BCUT2D eigenvalue weighted by Crippen LogP contribution is 2.31. The second-order valence-electron chi connectivity index (χ2n) is 7.64. The Morgan fingerprint density at radius 3 is 2.62 bits per heavy atom. The van der Waals surface area contributed by atoms with Crippen LogP contribution in [0.15, 0.2) is 69.6 Å². The van der Waals surface area contributed by atoms with Crippen LogP contribution in [0.25, 0.3) is 6.08 Å². The summed E-state index contributed by atoms with van der Waals surface area (Å²) in [5, 5.41) is 0.576. The molecular formula is C24H20ClIN2O3S. The third kappa shape index (κ3) is 4.60. The zero-order valence-corrected chi connectivity index (χ0v) is 21.4. The molecule has 0 saturated heterocycles. The first-order valence-corrected chi connectivity index (χ1v) is 12.3. The van der Waals surface area contributed by atoms with Crippen LogP contribution in [0, 0.1) is 3.57 Å². The van der Waals surface area contributed by atoms with Gasteiger partial charge in [0.1, 0.15) is 0 Å². The van der Waals surface area contributed by atoms with E-state index in [9.17, 15) is 9.59 Å². The van der Waals surface area contributed by atoms with Crippen molar-refractivity contribution >= 4 is 57.6 Å². The van der Waals surface area contributed by atoms with Gasteiger partial charge in [0.2, 0.25) is 0 Å². The van der Waals surface area contributed by atoms with E-state index in [4.69, 9.17) is 16.3 Å². The fourth-order valence-corrected chi connectivity index (χ4v) is 5.31. The molecule has 5 nitrogen and oxygen atoms in total. The van der Waals surface area contributed by atoms with E-state index in [-0.39, 0.29) is 11.7 Å². The van der Waals surface area contributed by atoms with Crippen molar-refractivity contribution < 1.29 is 9.53 Å².